The second kappa shape index (κ2) is 4.76. The molecule has 1 heterocycles. The molecular formula is C8H6BrClF2N2. The lowest BCUT2D eigenvalue weighted by Gasteiger charge is -2.03. The van der Waals surface area contributed by atoms with Crippen molar-refractivity contribution in [2.45, 2.75) is 18.3 Å². The molecule has 1 rings (SSSR count). The van der Waals surface area contributed by atoms with Crippen molar-refractivity contribution >= 4 is 27.5 Å². The summed E-state index contributed by atoms with van der Waals surface area (Å²) in [5.74, 6) is 2.24. The Hall–Kier alpha value is -0.600. The summed E-state index contributed by atoms with van der Waals surface area (Å²) < 4.78 is 26.3. The molecule has 0 radical (unpaired) electrons. The first-order chi connectivity index (χ1) is 6.61. The third kappa shape index (κ3) is 2.07. The molecule has 0 atom stereocenters. The van der Waals surface area contributed by atoms with E-state index in [0.29, 0.717) is 0 Å². The van der Waals surface area contributed by atoms with E-state index in [-0.39, 0.29) is 28.3 Å². The van der Waals surface area contributed by atoms with Gasteiger partial charge in [0.05, 0.1) is 0 Å². The summed E-state index contributed by atoms with van der Waals surface area (Å²) in [6, 6.07) is 0. The molecule has 0 N–H and O–H groups in total. The fourth-order valence-electron chi connectivity index (χ4n) is 1.06. The van der Waals surface area contributed by atoms with Gasteiger partial charge in [0, 0.05) is 10.9 Å². The maximum atomic E-state index is 12.6. The van der Waals surface area contributed by atoms with Crippen molar-refractivity contribution in [3.05, 3.63) is 16.4 Å². The van der Waals surface area contributed by atoms with Gasteiger partial charge in [0.1, 0.15) is 12.2 Å². The monoisotopic (exact) mass is 282 g/mol. The van der Waals surface area contributed by atoms with Crippen LogP contribution in [0, 0.1) is 12.3 Å². The highest BCUT2D eigenvalue weighted by molar-refractivity contribution is 9.08. The molecule has 0 aliphatic carbocycles. The standard InChI is InChI=1S/C8H6BrClF2N2/c1-2-3-14-6(8(11)12)5(4-9)7(10)13-14/h1,8H,3-4H2. The molecule has 0 saturated carbocycles. The Bertz CT molecular complexity index is 370. The van der Waals surface area contributed by atoms with Crippen molar-refractivity contribution in [2.24, 2.45) is 0 Å². The SMILES string of the molecule is C#CCn1nc(Cl)c(CBr)c1C(F)F. The fourth-order valence-corrected chi connectivity index (χ4v) is 2.03. The van der Waals surface area contributed by atoms with Crippen LogP contribution in [0.2, 0.25) is 5.15 Å². The second-order valence-electron chi connectivity index (χ2n) is 2.45. The first kappa shape index (κ1) is 11.5. The van der Waals surface area contributed by atoms with E-state index in [2.05, 4.69) is 26.9 Å². The third-order valence-corrected chi connectivity index (χ3v) is 2.49. The summed E-state index contributed by atoms with van der Waals surface area (Å²) >= 11 is 8.74. The number of aromatic nitrogens is 2. The van der Waals surface area contributed by atoms with Crippen LogP contribution in [0.4, 0.5) is 8.78 Å². The Labute approximate surface area is 93.4 Å². The van der Waals surface area contributed by atoms with Crippen molar-refractivity contribution in [2.75, 3.05) is 0 Å². The summed E-state index contributed by atoms with van der Waals surface area (Å²) in [6.45, 7) is -0.00755. The normalized spacial score (nSPS) is 10.6. The Morgan fingerprint density at radius 3 is 2.71 bits per heavy atom. The van der Waals surface area contributed by atoms with E-state index >= 15 is 0 Å². The van der Waals surface area contributed by atoms with Crippen molar-refractivity contribution in [3.63, 3.8) is 0 Å². The first-order valence-electron chi connectivity index (χ1n) is 3.64. The highest BCUT2D eigenvalue weighted by Gasteiger charge is 2.22. The van der Waals surface area contributed by atoms with Gasteiger partial charge in [-0.3, -0.25) is 0 Å². The van der Waals surface area contributed by atoms with Gasteiger partial charge in [-0.05, 0) is 0 Å². The van der Waals surface area contributed by atoms with Crippen LogP contribution in [-0.4, -0.2) is 9.78 Å². The van der Waals surface area contributed by atoms with Crippen molar-refractivity contribution in [3.8, 4) is 12.3 Å². The molecule has 0 amide bonds. The minimum absolute atomic E-state index is 0.00755. The van der Waals surface area contributed by atoms with Crippen molar-refractivity contribution < 1.29 is 8.78 Å². The van der Waals surface area contributed by atoms with Gasteiger partial charge in [-0.2, -0.15) is 5.10 Å². The van der Waals surface area contributed by atoms with Crippen LogP contribution in [0.5, 0.6) is 0 Å². The Kier molecular flexibility index (Phi) is 3.90. The van der Waals surface area contributed by atoms with Gasteiger partial charge >= 0.3 is 0 Å². The van der Waals surface area contributed by atoms with Crippen molar-refractivity contribution in [1.29, 1.82) is 0 Å². The molecule has 0 saturated heterocycles. The van der Waals surface area contributed by atoms with Gasteiger partial charge < -0.3 is 0 Å². The van der Waals surface area contributed by atoms with E-state index in [1.54, 1.807) is 0 Å². The van der Waals surface area contributed by atoms with Crippen LogP contribution in [0.15, 0.2) is 0 Å². The molecule has 1 aromatic rings. The molecule has 1 aromatic heterocycles. The number of nitrogens with zero attached hydrogens (tertiary/aromatic N) is 2. The molecule has 0 unspecified atom stereocenters. The van der Waals surface area contributed by atoms with Gasteiger partial charge in [-0.15, -0.1) is 6.42 Å². The van der Waals surface area contributed by atoms with Gasteiger partial charge in [-0.25, -0.2) is 13.5 Å². The van der Waals surface area contributed by atoms with Gasteiger partial charge in [0.15, 0.2) is 5.15 Å². The van der Waals surface area contributed by atoms with Crippen LogP contribution >= 0.6 is 27.5 Å². The van der Waals surface area contributed by atoms with Crippen LogP contribution in [0.3, 0.4) is 0 Å². The summed E-state index contributed by atoms with van der Waals surface area (Å²) in [5, 5.41) is 4.02. The molecule has 0 fully saturated rings. The van der Waals surface area contributed by atoms with E-state index in [9.17, 15) is 8.78 Å². The molecule has 6 heteroatoms. The van der Waals surface area contributed by atoms with Crippen LogP contribution < -0.4 is 0 Å². The Morgan fingerprint density at radius 1 is 1.64 bits per heavy atom. The quantitative estimate of drug-likeness (QED) is 0.616. The fraction of sp³-hybridized carbons (Fsp3) is 0.375. The maximum Gasteiger partial charge on any atom is 0.280 e. The summed E-state index contributed by atoms with van der Waals surface area (Å²) in [5.41, 5.74) is 0.0711. The molecule has 0 aromatic carbocycles. The zero-order valence-corrected chi connectivity index (χ0v) is 9.32. The van der Waals surface area contributed by atoms with E-state index in [0.717, 1.165) is 4.68 Å². The van der Waals surface area contributed by atoms with Gasteiger partial charge in [0.2, 0.25) is 0 Å². The van der Waals surface area contributed by atoms with E-state index in [4.69, 9.17) is 18.0 Å². The van der Waals surface area contributed by atoms with Crippen LogP contribution in [-0.2, 0) is 11.9 Å². The van der Waals surface area contributed by atoms with Crippen LogP contribution in [0.25, 0.3) is 0 Å². The number of terminal acetylenes is 1. The smallest absolute Gasteiger partial charge is 0.250 e. The predicted octanol–water partition coefficient (Wildman–Crippen LogP) is 3.00. The molecular weight excluding hydrogens is 277 g/mol. The average Bonchev–Trinajstić information content (AvgIpc) is 2.42. The minimum atomic E-state index is -2.63. The van der Waals surface area contributed by atoms with E-state index in [1.807, 2.05) is 0 Å². The molecule has 0 aliphatic rings. The molecule has 0 bridgehead atoms. The van der Waals surface area contributed by atoms with Gasteiger partial charge in [0.25, 0.3) is 6.43 Å². The number of halogens is 4. The zero-order chi connectivity index (χ0) is 10.7. The molecule has 0 spiro atoms. The average molecular weight is 284 g/mol. The zero-order valence-electron chi connectivity index (χ0n) is 6.98. The Morgan fingerprint density at radius 2 is 2.29 bits per heavy atom. The topological polar surface area (TPSA) is 17.8 Å². The lowest BCUT2D eigenvalue weighted by Crippen LogP contribution is -2.05. The molecule has 2 nitrogen and oxygen atoms in total. The van der Waals surface area contributed by atoms with Gasteiger partial charge in [-0.1, -0.05) is 33.5 Å². The number of hydrogen-bond donors (Lipinski definition) is 0. The maximum absolute atomic E-state index is 12.6. The van der Waals surface area contributed by atoms with Crippen LogP contribution in [0.1, 0.15) is 17.7 Å². The summed E-state index contributed by atoms with van der Waals surface area (Å²) in [6.07, 6.45) is 2.39. The van der Waals surface area contributed by atoms with Crippen molar-refractivity contribution in [1.82, 2.24) is 9.78 Å². The molecule has 76 valence electrons. The Balaban J connectivity index is 3.24. The second-order valence-corrected chi connectivity index (χ2v) is 3.37. The summed E-state index contributed by atoms with van der Waals surface area (Å²) in [4.78, 5) is 0. The highest BCUT2D eigenvalue weighted by atomic mass is 79.9. The first-order valence-corrected chi connectivity index (χ1v) is 5.14. The minimum Gasteiger partial charge on any atom is -0.250 e. The lowest BCUT2D eigenvalue weighted by atomic mass is 10.3. The highest BCUT2D eigenvalue weighted by Crippen LogP contribution is 2.29. The van der Waals surface area contributed by atoms with E-state index in [1.165, 1.54) is 0 Å². The predicted molar refractivity (Wildman–Crippen MR) is 53.7 cm³/mol. The number of alkyl halides is 3. The lowest BCUT2D eigenvalue weighted by molar-refractivity contribution is 0.139. The molecule has 0 aliphatic heterocycles. The van der Waals surface area contributed by atoms with E-state index < -0.39 is 6.43 Å². The number of rotatable bonds is 3. The number of hydrogen-bond acceptors (Lipinski definition) is 1. The largest absolute Gasteiger partial charge is 0.280 e. The molecule has 14 heavy (non-hydrogen) atoms. The summed E-state index contributed by atoms with van der Waals surface area (Å²) in [7, 11) is 0. The third-order valence-electron chi connectivity index (χ3n) is 1.63.